The predicted octanol–water partition coefficient (Wildman–Crippen LogP) is 2.90. The lowest BCUT2D eigenvalue weighted by Gasteiger charge is -2.04. The molecule has 176 valence electrons. The lowest BCUT2D eigenvalue weighted by Crippen LogP contribution is -1.97. The minimum atomic E-state index is -0.870. The van der Waals surface area contributed by atoms with Crippen LogP contribution in [0.2, 0.25) is 0 Å². The Morgan fingerprint density at radius 3 is 1.73 bits per heavy atom. The highest BCUT2D eigenvalue weighted by Crippen LogP contribution is 2.22. The number of benzene rings is 2. The summed E-state index contributed by atoms with van der Waals surface area (Å²) in [5.41, 5.74) is 3.17. The molecule has 2 rings (SSSR count). The van der Waals surface area contributed by atoms with Crippen molar-refractivity contribution in [1.82, 2.24) is 0 Å². The number of hydrogen-bond acceptors (Lipinski definition) is 8. The smallest absolute Gasteiger partial charge is 0.303 e. The maximum absolute atomic E-state index is 10.4. The van der Waals surface area contributed by atoms with Crippen molar-refractivity contribution in [2.75, 3.05) is 13.2 Å². The molecule has 0 unspecified atom stereocenters. The Morgan fingerprint density at radius 2 is 1.27 bits per heavy atom. The summed E-state index contributed by atoms with van der Waals surface area (Å²) in [5, 5.41) is 31.5. The fourth-order valence-electron chi connectivity index (χ4n) is 2.33. The number of para-hydroxylation sites is 1. The number of aliphatic hydroxyl groups excluding tert-OH is 2. The van der Waals surface area contributed by atoms with Crippen LogP contribution in [0.1, 0.15) is 36.8 Å². The van der Waals surface area contributed by atoms with Gasteiger partial charge in [0.05, 0.1) is 24.6 Å². The normalized spacial score (nSPS) is 9.03. The first-order valence-corrected chi connectivity index (χ1v) is 9.85. The van der Waals surface area contributed by atoms with E-state index in [-0.39, 0.29) is 26.1 Å². The topological polar surface area (TPSA) is 174 Å². The van der Waals surface area contributed by atoms with Crippen LogP contribution in [-0.2, 0) is 25.6 Å². The van der Waals surface area contributed by atoms with E-state index < -0.39 is 11.9 Å². The van der Waals surface area contributed by atoms with E-state index in [2.05, 4.69) is 9.98 Å². The molecule has 0 atom stereocenters. The van der Waals surface area contributed by atoms with E-state index in [4.69, 9.17) is 20.4 Å². The van der Waals surface area contributed by atoms with Crippen molar-refractivity contribution in [3.05, 3.63) is 59.7 Å². The van der Waals surface area contributed by atoms with Gasteiger partial charge in [-0.15, -0.1) is 0 Å². The molecule has 0 saturated heterocycles. The van der Waals surface area contributed by atoms with E-state index in [0.29, 0.717) is 30.6 Å². The number of carboxylic acid groups (broad SMARTS) is 2. The number of carboxylic acids is 2. The molecule has 10 nitrogen and oxygen atoms in total. The molecule has 0 aliphatic heterocycles. The van der Waals surface area contributed by atoms with Crippen LogP contribution in [0.5, 0.6) is 0 Å². The average molecular weight is 458 g/mol. The molecule has 10 heteroatoms. The molecule has 0 radical (unpaired) electrons. The van der Waals surface area contributed by atoms with Gasteiger partial charge in [0, 0.05) is 12.8 Å². The van der Waals surface area contributed by atoms with Gasteiger partial charge in [-0.05, 0) is 48.6 Å². The standard InChI is InChI=1S/C15H10N2O2.C6H10O4.C2H6O2/c18-10-16-14-7-5-12(6-8-14)9-13-3-1-2-4-15(13)17-11-19;7-5(8)3-1-2-4-6(9)10;3-1-2-4/h1-8H,9H2;1-4H2,(H,7,8)(H,9,10);3-4H,1-2H2. The summed E-state index contributed by atoms with van der Waals surface area (Å²) in [4.78, 5) is 47.5. The minimum Gasteiger partial charge on any atom is -0.481 e. The van der Waals surface area contributed by atoms with Gasteiger partial charge in [0.15, 0.2) is 0 Å². The lowest BCUT2D eigenvalue weighted by atomic mass is 10.0. The Labute approximate surface area is 190 Å². The molecule has 0 spiro atoms. The fourth-order valence-corrected chi connectivity index (χ4v) is 2.33. The number of carbonyl (C=O) groups is 2. The summed E-state index contributed by atoms with van der Waals surface area (Å²) in [6, 6.07) is 14.6. The second kappa shape index (κ2) is 18.8. The molecule has 0 fully saturated rings. The summed E-state index contributed by atoms with van der Waals surface area (Å²) >= 11 is 0. The van der Waals surface area contributed by atoms with Crippen molar-refractivity contribution in [2.45, 2.75) is 32.1 Å². The Bertz CT molecular complexity index is 929. The summed E-state index contributed by atoms with van der Waals surface area (Å²) in [6.07, 6.45) is 4.71. The molecule has 4 N–H and O–H groups in total. The van der Waals surface area contributed by atoms with E-state index in [1.54, 1.807) is 24.3 Å². The summed E-state index contributed by atoms with van der Waals surface area (Å²) in [5.74, 6) is -1.74. The van der Waals surface area contributed by atoms with Crippen LogP contribution >= 0.6 is 0 Å². The molecule has 0 amide bonds. The van der Waals surface area contributed by atoms with Crippen molar-refractivity contribution >= 4 is 35.5 Å². The quantitative estimate of drug-likeness (QED) is 0.239. The van der Waals surface area contributed by atoms with Crippen LogP contribution < -0.4 is 0 Å². The van der Waals surface area contributed by atoms with E-state index in [9.17, 15) is 19.2 Å². The van der Waals surface area contributed by atoms with Gasteiger partial charge >= 0.3 is 11.9 Å². The summed E-state index contributed by atoms with van der Waals surface area (Å²) in [7, 11) is 0. The highest BCUT2D eigenvalue weighted by Gasteiger charge is 2.02. The van der Waals surface area contributed by atoms with Crippen LogP contribution in [0.3, 0.4) is 0 Å². The van der Waals surface area contributed by atoms with Gasteiger partial charge in [0.2, 0.25) is 12.2 Å². The van der Waals surface area contributed by atoms with Crippen LogP contribution in [0.4, 0.5) is 11.4 Å². The van der Waals surface area contributed by atoms with E-state index in [1.807, 2.05) is 30.3 Å². The zero-order valence-electron chi connectivity index (χ0n) is 17.9. The molecule has 0 aromatic heterocycles. The molecule has 0 saturated carbocycles. The zero-order valence-corrected chi connectivity index (χ0v) is 17.9. The van der Waals surface area contributed by atoms with Crippen molar-refractivity contribution in [2.24, 2.45) is 9.98 Å². The van der Waals surface area contributed by atoms with Crippen LogP contribution in [0, 0.1) is 0 Å². The van der Waals surface area contributed by atoms with Gasteiger partial charge in [-0.1, -0.05) is 30.3 Å². The third-order valence-electron chi connectivity index (χ3n) is 3.79. The number of nitrogens with zero attached hydrogens (tertiary/aromatic N) is 2. The van der Waals surface area contributed by atoms with E-state index in [0.717, 1.165) is 11.1 Å². The largest absolute Gasteiger partial charge is 0.481 e. The second-order valence-electron chi connectivity index (χ2n) is 6.32. The molecule has 0 heterocycles. The van der Waals surface area contributed by atoms with Gasteiger partial charge in [-0.3, -0.25) is 9.59 Å². The Kier molecular flexibility index (Phi) is 16.6. The van der Waals surface area contributed by atoms with Crippen molar-refractivity contribution in [1.29, 1.82) is 0 Å². The molecule has 2 aromatic carbocycles. The minimum absolute atomic E-state index is 0.0628. The number of unbranched alkanes of at least 4 members (excludes halogenated alkanes) is 1. The third-order valence-corrected chi connectivity index (χ3v) is 3.79. The van der Waals surface area contributed by atoms with Crippen LogP contribution in [0.15, 0.2) is 58.5 Å². The number of rotatable bonds is 10. The van der Waals surface area contributed by atoms with Gasteiger partial charge in [-0.2, -0.15) is 9.98 Å². The van der Waals surface area contributed by atoms with Gasteiger partial charge < -0.3 is 20.4 Å². The lowest BCUT2D eigenvalue weighted by molar-refractivity contribution is -0.139. The van der Waals surface area contributed by atoms with Crippen molar-refractivity contribution in [3.8, 4) is 0 Å². The van der Waals surface area contributed by atoms with E-state index in [1.165, 1.54) is 6.08 Å². The maximum atomic E-state index is 10.4. The third kappa shape index (κ3) is 15.5. The molecule has 2 aromatic rings. The van der Waals surface area contributed by atoms with Crippen LogP contribution in [-0.4, -0.2) is 57.7 Å². The first-order chi connectivity index (χ1) is 15.9. The monoisotopic (exact) mass is 458 g/mol. The number of isocyanates is 2. The first-order valence-electron chi connectivity index (χ1n) is 9.85. The van der Waals surface area contributed by atoms with Gasteiger partial charge in [0.25, 0.3) is 0 Å². The van der Waals surface area contributed by atoms with Gasteiger partial charge in [0.1, 0.15) is 0 Å². The maximum Gasteiger partial charge on any atom is 0.303 e. The van der Waals surface area contributed by atoms with Gasteiger partial charge in [-0.25, -0.2) is 9.59 Å². The number of aliphatic carboxylic acids is 2. The molecular weight excluding hydrogens is 432 g/mol. The summed E-state index contributed by atoms with van der Waals surface area (Å²) in [6.45, 7) is -0.250. The fraction of sp³-hybridized carbons (Fsp3) is 0.304. The Hall–Kier alpha value is -3.94. The number of hydrogen-bond donors (Lipinski definition) is 4. The number of carbonyl (C=O) groups excluding carboxylic acids is 2. The first kappa shape index (κ1) is 29.1. The number of aliphatic hydroxyl groups is 2. The van der Waals surface area contributed by atoms with E-state index >= 15 is 0 Å². The molecule has 33 heavy (non-hydrogen) atoms. The molecule has 0 bridgehead atoms. The summed E-state index contributed by atoms with van der Waals surface area (Å²) < 4.78 is 0. The SMILES string of the molecule is O=C(O)CCCCC(=O)O.O=C=Nc1ccc(Cc2ccccc2N=C=O)cc1.OCCO. The predicted molar refractivity (Wildman–Crippen MR) is 119 cm³/mol. The highest BCUT2D eigenvalue weighted by atomic mass is 16.4. The molecule has 0 aliphatic carbocycles. The average Bonchev–Trinajstić information content (AvgIpc) is 2.80. The Balaban J connectivity index is 0.000000615. The zero-order chi connectivity index (χ0) is 24.9. The highest BCUT2D eigenvalue weighted by molar-refractivity contribution is 5.68. The second-order valence-corrected chi connectivity index (χ2v) is 6.32. The molecular formula is C23H26N2O8. The molecule has 0 aliphatic rings. The van der Waals surface area contributed by atoms with Crippen molar-refractivity contribution in [3.63, 3.8) is 0 Å². The Morgan fingerprint density at radius 1 is 0.758 bits per heavy atom. The number of aliphatic imine (C=N–C) groups is 2. The van der Waals surface area contributed by atoms with Crippen LogP contribution in [0.25, 0.3) is 0 Å². The van der Waals surface area contributed by atoms with Crippen molar-refractivity contribution < 1.29 is 39.6 Å².